The fourth-order valence-corrected chi connectivity index (χ4v) is 6.70. The van der Waals surface area contributed by atoms with Crippen molar-refractivity contribution in [3.63, 3.8) is 0 Å². The number of halogens is 1. The number of aliphatic hydroxyl groups is 1. The number of carbonyl (C=O) groups excluding carboxylic acids is 2. The van der Waals surface area contributed by atoms with Crippen LogP contribution in [0, 0.1) is 17.2 Å². The van der Waals surface area contributed by atoms with Crippen molar-refractivity contribution in [3.05, 3.63) is 95.8 Å². The Bertz CT molecular complexity index is 1560. The van der Waals surface area contributed by atoms with Gasteiger partial charge in [0.25, 0.3) is 0 Å². The third-order valence-corrected chi connectivity index (χ3v) is 9.35. The number of sulfonamides is 1. The third-order valence-electron chi connectivity index (χ3n) is 7.51. The van der Waals surface area contributed by atoms with Crippen LogP contribution in [0.5, 0.6) is 0 Å². The van der Waals surface area contributed by atoms with Crippen LogP contribution in [0.3, 0.4) is 0 Å². The van der Waals surface area contributed by atoms with Gasteiger partial charge in [0.15, 0.2) is 0 Å². The highest BCUT2D eigenvalue weighted by Crippen LogP contribution is 2.22. The molecule has 0 aromatic heterocycles. The van der Waals surface area contributed by atoms with Gasteiger partial charge in [-0.3, -0.25) is 9.59 Å². The Morgan fingerprint density at radius 2 is 1.55 bits per heavy atom. The normalized spacial score (nSPS) is 14.1. The lowest BCUT2D eigenvalue weighted by molar-refractivity contribution is -0.132. The summed E-state index contributed by atoms with van der Waals surface area (Å²) in [5.74, 6) is -1.38. The molecule has 3 aromatic carbocycles. The van der Waals surface area contributed by atoms with Gasteiger partial charge in [0.05, 0.1) is 23.6 Å². The third kappa shape index (κ3) is 11.7. The summed E-state index contributed by atoms with van der Waals surface area (Å²) in [4.78, 5) is 26.8. The summed E-state index contributed by atoms with van der Waals surface area (Å²) in [6.07, 6.45) is -1.09. The van der Waals surface area contributed by atoms with Gasteiger partial charge in [-0.25, -0.2) is 12.8 Å². The molecule has 3 atom stereocenters. The van der Waals surface area contributed by atoms with E-state index in [2.05, 4.69) is 16.0 Å². The van der Waals surface area contributed by atoms with Crippen LogP contribution in [-0.4, -0.2) is 67.5 Å². The van der Waals surface area contributed by atoms with Crippen LogP contribution in [-0.2, 0) is 32.6 Å². The van der Waals surface area contributed by atoms with Gasteiger partial charge >= 0.3 is 0 Å². The van der Waals surface area contributed by atoms with Crippen molar-refractivity contribution in [2.45, 2.75) is 70.7 Å². The van der Waals surface area contributed by atoms with Gasteiger partial charge in [-0.05, 0) is 65.3 Å². The lowest BCUT2D eigenvalue weighted by Crippen LogP contribution is -2.59. The molecule has 0 spiro atoms. The van der Waals surface area contributed by atoms with E-state index in [4.69, 9.17) is 5.73 Å². The number of hydrogen-bond acceptors (Lipinski definition) is 7. The Morgan fingerprint density at radius 1 is 0.915 bits per heavy atom. The smallest absolute Gasteiger partial charge is 0.243 e. The van der Waals surface area contributed by atoms with Crippen molar-refractivity contribution in [2.75, 3.05) is 25.4 Å². The lowest BCUT2D eigenvalue weighted by Gasteiger charge is -2.34. The largest absolute Gasteiger partial charge is 0.399 e. The molecule has 0 aliphatic heterocycles. The van der Waals surface area contributed by atoms with E-state index in [9.17, 15) is 27.5 Å². The summed E-state index contributed by atoms with van der Waals surface area (Å²) in [5, 5.41) is 20.3. The van der Waals surface area contributed by atoms with Gasteiger partial charge in [0.1, 0.15) is 11.9 Å². The van der Waals surface area contributed by atoms with E-state index >= 15 is 0 Å². The average molecular weight is 670 g/mol. The minimum absolute atomic E-state index is 0.0460. The fraction of sp³-hybridized carbons (Fsp3) is 0.429. The van der Waals surface area contributed by atoms with Crippen molar-refractivity contribution in [1.82, 2.24) is 20.3 Å². The predicted molar refractivity (Wildman–Crippen MR) is 182 cm³/mol. The van der Waals surface area contributed by atoms with E-state index in [-0.39, 0.29) is 49.2 Å². The highest BCUT2D eigenvalue weighted by molar-refractivity contribution is 7.89. The molecule has 10 nitrogen and oxygen atoms in total. The predicted octanol–water partition coefficient (Wildman–Crippen LogP) is 3.46. The molecule has 256 valence electrons. The van der Waals surface area contributed by atoms with E-state index in [1.807, 2.05) is 65.0 Å². The maximum absolute atomic E-state index is 13.8. The number of hydrogen-bond donors (Lipinski definition) is 5. The maximum Gasteiger partial charge on any atom is 0.243 e. The minimum atomic E-state index is -4.01. The molecule has 0 aliphatic rings. The monoisotopic (exact) mass is 669 g/mol. The molecule has 0 saturated heterocycles. The van der Waals surface area contributed by atoms with Crippen LogP contribution >= 0.6 is 0 Å². The number of nitrogens with one attached hydrogen (secondary N) is 3. The maximum atomic E-state index is 13.8. The molecule has 0 bridgehead atoms. The summed E-state index contributed by atoms with van der Waals surface area (Å²) >= 11 is 0. The SMILES string of the molecule is CC(C)CN(CC(O)C(Cc1ccccc1)NC(=O)C(NC(=O)CNCc1cccc(F)c1)C(C)(C)C)S(=O)(=O)c1ccc(N)cc1. The van der Waals surface area contributed by atoms with E-state index in [0.29, 0.717) is 11.3 Å². The number of nitrogens with zero attached hydrogens (tertiary/aromatic N) is 1. The standard InChI is InChI=1S/C35H48FN5O5S/c1-24(2)22-41(47(45,46)29-16-14-28(37)15-17-29)23-31(42)30(19-25-10-7-6-8-11-25)39-34(44)33(35(3,4)5)40-32(43)21-38-20-26-12-9-13-27(36)18-26/h6-18,24,30-31,33,38,42H,19-23,37H2,1-5H3,(H,39,44)(H,40,43). The van der Waals surface area contributed by atoms with Crippen molar-refractivity contribution >= 4 is 27.5 Å². The molecule has 3 rings (SSSR count). The first-order chi connectivity index (χ1) is 22.1. The molecular formula is C35H48FN5O5S. The first kappa shape index (κ1) is 37.6. The summed E-state index contributed by atoms with van der Waals surface area (Å²) in [6, 6.07) is 19.3. The number of carbonyl (C=O) groups is 2. The molecule has 6 N–H and O–H groups in total. The van der Waals surface area contributed by atoms with Gasteiger partial charge in [0, 0.05) is 25.3 Å². The van der Waals surface area contributed by atoms with Gasteiger partial charge in [-0.1, -0.05) is 77.1 Å². The molecule has 0 saturated carbocycles. The van der Waals surface area contributed by atoms with E-state index in [1.165, 1.54) is 40.7 Å². The number of benzene rings is 3. The molecule has 47 heavy (non-hydrogen) atoms. The van der Waals surface area contributed by atoms with Gasteiger partial charge in [-0.15, -0.1) is 0 Å². The second-order valence-electron chi connectivity index (χ2n) is 13.3. The number of rotatable bonds is 16. The molecule has 2 amide bonds. The Balaban J connectivity index is 1.80. The molecule has 3 unspecified atom stereocenters. The second-order valence-corrected chi connectivity index (χ2v) is 15.2. The highest BCUT2D eigenvalue weighted by atomic mass is 32.2. The van der Waals surface area contributed by atoms with Gasteiger partial charge < -0.3 is 26.8 Å². The zero-order chi connectivity index (χ0) is 34.8. The summed E-state index contributed by atoms with van der Waals surface area (Å²) in [6.45, 7) is 9.19. The first-order valence-electron chi connectivity index (χ1n) is 15.7. The quantitative estimate of drug-likeness (QED) is 0.147. The van der Waals surface area contributed by atoms with Crippen LogP contribution in [0.1, 0.15) is 45.7 Å². The minimum Gasteiger partial charge on any atom is -0.399 e. The second kappa shape index (κ2) is 16.8. The van der Waals surface area contributed by atoms with Crippen molar-refractivity contribution in [3.8, 4) is 0 Å². The molecule has 3 aromatic rings. The molecule has 0 fully saturated rings. The Kier molecular flexibility index (Phi) is 13.5. The molecule has 0 heterocycles. The molecule has 0 radical (unpaired) electrons. The van der Waals surface area contributed by atoms with Crippen LogP contribution < -0.4 is 21.7 Å². The van der Waals surface area contributed by atoms with Crippen molar-refractivity contribution < 1.29 is 27.5 Å². The lowest BCUT2D eigenvalue weighted by atomic mass is 9.85. The van der Waals surface area contributed by atoms with Gasteiger partial charge in [0.2, 0.25) is 21.8 Å². The number of anilines is 1. The van der Waals surface area contributed by atoms with Crippen LogP contribution in [0.25, 0.3) is 0 Å². The topological polar surface area (TPSA) is 154 Å². The zero-order valence-electron chi connectivity index (χ0n) is 27.7. The van der Waals surface area contributed by atoms with E-state index in [0.717, 1.165) is 5.56 Å². The summed E-state index contributed by atoms with van der Waals surface area (Å²) in [7, 11) is -4.01. The fourth-order valence-electron chi connectivity index (χ4n) is 5.07. The Morgan fingerprint density at radius 3 is 2.15 bits per heavy atom. The summed E-state index contributed by atoms with van der Waals surface area (Å²) < 4.78 is 42.1. The average Bonchev–Trinajstić information content (AvgIpc) is 2.99. The van der Waals surface area contributed by atoms with Crippen LogP contribution in [0.4, 0.5) is 10.1 Å². The number of aliphatic hydroxyl groups excluding tert-OH is 1. The molecular weight excluding hydrogens is 621 g/mol. The van der Waals surface area contributed by atoms with Gasteiger partial charge in [-0.2, -0.15) is 4.31 Å². The highest BCUT2D eigenvalue weighted by Gasteiger charge is 2.36. The van der Waals surface area contributed by atoms with E-state index < -0.39 is 45.4 Å². The van der Waals surface area contributed by atoms with Crippen molar-refractivity contribution in [2.24, 2.45) is 11.3 Å². The Labute approximate surface area is 278 Å². The van der Waals surface area contributed by atoms with Crippen LogP contribution in [0.2, 0.25) is 0 Å². The van der Waals surface area contributed by atoms with E-state index in [1.54, 1.807) is 12.1 Å². The van der Waals surface area contributed by atoms with Crippen LogP contribution in [0.15, 0.2) is 83.8 Å². The number of nitrogens with two attached hydrogens (primary N) is 1. The first-order valence-corrected chi connectivity index (χ1v) is 17.1. The number of nitrogen functional groups attached to an aromatic ring is 1. The summed E-state index contributed by atoms with van der Waals surface area (Å²) in [5.41, 5.74) is 6.98. The van der Waals surface area contributed by atoms with Crippen molar-refractivity contribution in [1.29, 1.82) is 0 Å². The number of amides is 2. The molecule has 12 heteroatoms. The molecule has 0 aliphatic carbocycles. The zero-order valence-corrected chi connectivity index (χ0v) is 28.6. The Hall–Kier alpha value is -3.84.